The van der Waals surface area contributed by atoms with Crippen LogP contribution in [0.1, 0.15) is 38.1 Å². The monoisotopic (exact) mass is 385 g/mol. The highest BCUT2D eigenvalue weighted by molar-refractivity contribution is 5.79. The molecule has 28 heavy (non-hydrogen) atoms. The van der Waals surface area contributed by atoms with E-state index >= 15 is 0 Å². The van der Waals surface area contributed by atoms with E-state index in [1.54, 1.807) is 0 Å². The van der Waals surface area contributed by atoms with Crippen LogP contribution in [0.2, 0.25) is 0 Å². The van der Waals surface area contributed by atoms with Crippen LogP contribution in [0.5, 0.6) is 0 Å². The predicted octanol–water partition coefficient (Wildman–Crippen LogP) is 3.12. The predicted molar refractivity (Wildman–Crippen MR) is 110 cm³/mol. The zero-order chi connectivity index (χ0) is 19.8. The van der Waals surface area contributed by atoms with Crippen molar-refractivity contribution in [3.05, 3.63) is 35.7 Å². The van der Waals surface area contributed by atoms with Crippen molar-refractivity contribution >= 4 is 5.96 Å². The molecule has 7 nitrogen and oxygen atoms in total. The molecule has 0 bridgehead atoms. The number of benzene rings is 1. The van der Waals surface area contributed by atoms with Gasteiger partial charge in [-0.3, -0.25) is 0 Å². The summed E-state index contributed by atoms with van der Waals surface area (Å²) in [4.78, 5) is 11.5. The molecule has 0 spiro atoms. The molecule has 1 unspecified atom stereocenters. The lowest BCUT2D eigenvalue weighted by Crippen LogP contribution is -2.41. The summed E-state index contributed by atoms with van der Waals surface area (Å²) in [6.07, 6.45) is 2.95. The molecule has 2 aromatic rings. The van der Waals surface area contributed by atoms with Gasteiger partial charge in [-0.05, 0) is 37.5 Å². The van der Waals surface area contributed by atoms with Crippen LogP contribution in [0.25, 0.3) is 11.5 Å². The third-order valence-electron chi connectivity index (χ3n) is 4.78. The Morgan fingerprint density at radius 1 is 1.36 bits per heavy atom. The number of rotatable bonds is 8. The van der Waals surface area contributed by atoms with Gasteiger partial charge in [0.05, 0.1) is 13.2 Å². The average molecular weight is 386 g/mol. The maximum absolute atomic E-state index is 5.49. The Labute approximate surface area is 167 Å². The quantitative estimate of drug-likeness (QED) is 0.556. The minimum absolute atomic E-state index is 0.569. The largest absolute Gasteiger partial charge is 0.381 e. The standard InChI is InChI=1S/C21H31N5O2/c1-4-7-19-24-20(28-25-19)18-9-6-8-16(12-18)13-23-21(22-5-2)26(3)14-17-10-11-27-15-17/h6,8-9,12,17H,4-5,7,10-11,13-15H2,1-3H3,(H,22,23). The molecule has 0 amide bonds. The van der Waals surface area contributed by atoms with E-state index in [0.717, 1.165) is 68.5 Å². The summed E-state index contributed by atoms with van der Waals surface area (Å²) in [5, 5.41) is 7.43. The Morgan fingerprint density at radius 2 is 2.25 bits per heavy atom. The average Bonchev–Trinajstić information content (AvgIpc) is 3.38. The first-order valence-electron chi connectivity index (χ1n) is 10.2. The molecule has 1 aliphatic heterocycles. The number of hydrogen-bond donors (Lipinski definition) is 1. The van der Waals surface area contributed by atoms with Crippen LogP contribution >= 0.6 is 0 Å². The number of hydrogen-bond acceptors (Lipinski definition) is 5. The van der Waals surface area contributed by atoms with Gasteiger partial charge in [0, 0.05) is 44.6 Å². The summed E-state index contributed by atoms with van der Waals surface area (Å²) in [5.41, 5.74) is 2.05. The van der Waals surface area contributed by atoms with Crippen LogP contribution in [0.4, 0.5) is 0 Å². The van der Waals surface area contributed by atoms with Crippen LogP contribution in [0, 0.1) is 5.92 Å². The Bertz CT molecular complexity index is 768. The van der Waals surface area contributed by atoms with Crippen LogP contribution in [0.15, 0.2) is 33.8 Å². The Morgan fingerprint density at radius 3 is 3.00 bits per heavy atom. The van der Waals surface area contributed by atoms with Gasteiger partial charge < -0.3 is 19.5 Å². The lowest BCUT2D eigenvalue weighted by atomic mass is 10.1. The zero-order valence-electron chi connectivity index (χ0n) is 17.1. The van der Waals surface area contributed by atoms with Crippen LogP contribution in [0.3, 0.4) is 0 Å². The van der Waals surface area contributed by atoms with Crippen molar-refractivity contribution in [1.29, 1.82) is 0 Å². The molecule has 1 atom stereocenters. The molecule has 0 radical (unpaired) electrons. The second kappa shape index (κ2) is 10.2. The molecule has 1 fully saturated rings. The Balaban J connectivity index is 1.67. The van der Waals surface area contributed by atoms with E-state index in [1.807, 2.05) is 12.1 Å². The smallest absolute Gasteiger partial charge is 0.257 e. The van der Waals surface area contributed by atoms with Crippen LogP contribution in [-0.2, 0) is 17.7 Å². The number of aliphatic imine (C=N–C) groups is 1. The van der Waals surface area contributed by atoms with Crippen LogP contribution < -0.4 is 5.32 Å². The Hall–Kier alpha value is -2.41. The van der Waals surface area contributed by atoms with Crippen molar-refractivity contribution < 1.29 is 9.26 Å². The molecule has 1 saturated heterocycles. The highest BCUT2D eigenvalue weighted by Gasteiger charge is 2.19. The van der Waals surface area contributed by atoms with Crippen molar-refractivity contribution in [1.82, 2.24) is 20.4 Å². The first-order valence-corrected chi connectivity index (χ1v) is 10.2. The fourth-order valence-corrected chi connectivity index (χ4v) is 3.34. The van der Waals surface area contributed by atoms with Gasteiger partial charge in [-0.15, -0.1) is 0 Å². The minimum atomic E-state index is 0.569. The molecule has 1 N–H and O–H groups in total. The first kappa shape index (κ1) is 20.3. The number of aryl methyl sites for hydroxylation is 1. The molecule has 1 aliphatic rings. The van der Waals surface area contributed by atoms with E-state index in [1.165, 1.54) is 0 Å². The van der Waals surface area contributed by atoms with Crippen molar-refractivity contribution in [2.24, 2.45) is 10.9 Å². The van der Waals surface area contributed by atoms with Gasteiger partial charge in [0.15, 0.2) is 11.8 Å². The van der Waals surface area contributed by atoms with E-state index in [9.17, 15) is 0 Å². The van der Waals surface area contributed by atoms with Crippen molar-refractivity contribution in [2.45, 2.75) is 39.7 Å². The third-order valence-corrected chi connectivity index (χ3v) is 4.78. The SMILES string of the molecule is CCCc1noc(-c2cccc(CN=C(NCC)N(C)CC3CCOC3)c2)n1. The van der Waals surface area contributed by atoms with E-state index in [0.29, 0.717) is 18.4 Å². The molecular weight excluding hydrogens is 354 g/mol. The first-order chi connectivity index (χ1) is 13.7. The van der Waals surface area contributed by atoms with Gasteiger partial charge >= 0.3 is 0 Å². The molecule has 0 aliphatic carbocycles. The van der Waals surface area contributed by atoms with Gasteiger partial charge in [0.2, 0.25) is 0 Å². The summed E-state index contributed by atoms with van der Waals surface area (Å²) >= 11 is 0. The van der Waals surface area contributed by atoms with Crippen molar-refractivity contribution in [2.75, 3.05) is 33.4 Å². The summed E-state index contributed by atoms with van der Waals surface area (Å²) in [6.45, 7) is 8.29. The van der Waals surface area contributed by atoms with E-state index in [2.05, 4.69) is 53.4 Å². The minimum Gasteiger partial charge on any atom is -0.381 e. The molecule has 7 heteroatoms. The van der Waals surface area contributed by atoms with Crippen molar-refractivity contribution in [3.63, 3.8) is 0 Å². The number of nitrogens with one attached hydrogen (secondary N) is 1. The molecular formula is C21H31N5O2. The number of ether oxygens (including phenoxy) is 1. The zero-order valence-corrected chi connectivity index (χ0v) is 17.1. The van der Waals surface area contributed by atoms with Gasteiger partial charge in [0.25, 0.3) is 5.89 Å². The van der Waals surface area contributed by atoms with Crippen LogP contribution in [-0.4, -0.2) is 54.4 Å². The maximum atomic E-state index is 5.49. The summed E-state index contributed by atoms with van der Waals surface area (Å²) in [6, 6.07) is 8.15. The topological polar surface area (TPSA) is 75.8 Å². The third kappa shape index (κ3) is 5.55. The van der Waals surface area contributed by atoms with E-state index in [4.69, 9.17) is 14.3 Å². The molecule has 1 aromatic carbocycles. The highest BCUT2D eigenvalue weighted by Crippen LogP contribution is 2.19. The fourth-order valence-electron chi connectivity index (χ4n) is 3.34. The van der Waals surface area contributed by atoms with Gasteiger partial charge in [-0.25, -0.2) is 4.99 Å². The Kier molecular flexibility index (Phi) is 7.42. The number of nitrogens with zero attached hydrogens (tertiary/aromatic N) is 4. The lowest BCUT2D eigenvalue weighted by Gasteiger charge is -2.24. The van der Waals surface area contributed by atoms with E-state index < -0.39 is 0 Å². The van der Waals surface area contributed by atoms with Gasteiger partial charge in [0.1, 0.15) is 0 Å². The molecule has 2 heterocycles. The normalized spacial score (nSPS) is 17.1. The molecule has 0 saturated carbocycles. The number of guanidine groups is 1. The fraction of sp³-hybridized carbons (Fsp3) is 0.571. The van der Waals surface area contributed by atoms with E-state index in [-0.39, 0.29) is 0 Å². The second-order valence-electron chi connectivity index (χ2n) is 7.25. The lowest BCUT2D eigenvalue weighted by molar-refractivity contribution is 0.181. The molecule has 1 aromatic heterocycles. The molecule has 3 rings (SSSR count). The number of aromatic nitrogens is 2. The summed E-state index contributed by atoms with van der Waals surface area (Å²) < 4.78 is 10.9. The highest BCUT2D eigenvalue weighted by atomic mass is 16.5. The molecule has 152 valence electrons. The summed E-state index contributed by atoms with van der Waals surface area (Å²) in [5.74, 6) is 2.82. The van der Waals surface area contributed by atoms with Gasteiger partial charge in [-0.1, -0.05) is 24.2 Å². The van der Waals surface area contributed by atoms with Crippen molar-refractivity contribution in [3.8, 4) is 11.5 Å². The van der Waals surface area contributed by atoms with Gasteiger partial charge in [-0.2, -0.15) is 4.98 Å². The summed E-state index contributed by atoms with van der Waals surface area (Å²) in [7, 11) is 2.09. The maximum Gasteiger partial charge on any atom is 0.257 e. The second-order valence-corrected chi connectivity index (χ2v) is 7.25.